The molecule has 0 bridgehead atoms. The molecule has 3 aromatic rings. The second kappa shape index (κ2) is 9.36. The number of anilines is 1. The van der Waals surface area contributed by atoms with E-state index in [2.05, 4.69) is 5.32 Å². The minimum absolute atomic E-state index is 0.0521. The van der Waals surface area contributed by atoms with Gasteiger partial charge in [0.05, 0.1) is 17.2 Å². The summed E-state index contributed by atoms with van der Waals surface area (Å²) in [6, 6.07) is 21.8. The van der Waals surface area contributed by atoms with E-state index in [9.17, 15) is 14.9 Å². The minimum atomic E-state index is -0.952. The van der Waals surface area contributed by atoms with Gasteiger partial charge in [0.2, 0.25) is 6.10 Å². The Morgan fingerprint density at radius 3 is 2.31 bits per heavy atom. The third kappa shape index (κ3) is 5.10. The Morgan fingerprint density at radius 2 is 1.66 bits per heavy atom. The fourth-order valence-corrected chi connectivity index (χ4v) is 2.73. The van der Waals surface area contributed by atoms with E-state index < -0.39 is 11.0 Å². The van der Waals surface area contributed by atoms with Crippen LogP contribution in [0.4, 0.5) is 11.4 Å². The fourth-order valence-electron chi connectivity index (χ4n) is 2.73. The van der Waals surface area contributed by atoms with Crippen molar-refractivity contribution in [2.45, 2.75) is 13.0 Å². The predicted octanol–water partition coefficient (Wildman–Crippen LogP) is 4.75. The lowest BCUT2D eigenvalue weighted by Crippen LogP contribution is -2.26. The van der Waals surface area contributed by atoms with Crippen LogP contribution in [0.25, 0.3) is 0 Å². The smallest absolute Gasteiger partial charge is 0.270 e. The lowest BCUT2D eigenvalue weighted by molar-refractivity contribution is -0.384. The highest BCUT2D eigenvalue weighted by Gasteiger charge is 2.24. The molecule has 7 nitrogen and oxygen atoms in total. The second-order valence-electron chi connectivity index (χ2n) is 6.08. The number of nitro benzene ring substituents is 1. The van der Waals surface area contributed by atoms with Crippen LogP contribution in [0, 0.1) is 10.1 Å². The van der Waals surface area contributed by atoms with Gasteiger partial charge in [-0.05, 0) is 31.2 Å². The summed E-state index contributed by atoms with van der Waals surface area (Å²) in [6.45, 7) is 2.33. The van der Waals surface area contributed by atoms with Gasteiger partial charge in [0.1, 0.15) is 11.5 Å². The largest absolute Gasteiger partial charge is 0.492 e. The Hall–Kier alpha value is -3.87. The second-order valence-corrected chi connectivity index (χ2v) is 6.08. The highest BCUT2D eigenvalue weighted by molar-refractivity contribution is 5.96. The molecule has 148 valence electrons. The van der Waals surface area contributed by atoms with Gasteiger partial charge in [0.25, 0.3) is 11.6 Å². The average Bonchev–Trinajstić information content (AvgIpc) is 2.74. The molecular formula is C22H20N2O5. The number of amides is 1. The van der Waals surface area contributed by atoms with Gasteiger partial charge < -0.3 is 14.8 Å². The molecule has 0 saturated heterocycles. The number of benzene rings is 3. The van der Waals surface area contributed by atoms with E-state index in [1.807, 2.05) is 31.2 Å². The number of hydrogen-bond donors (Lipinski definition) is 1. The number of carbonyl (C=O) groups excluding carboxylic acids is 1. The maximum Gasteiger partial charge on any atom is 0.270 e. The van der Waals surface area contributed by atoms with Crippen LogP contribution < -0.4 is 14.8 Å². The SMILES string of the molecule is CCOc1ccccc1NC(=O)[C@H](Oc1ccc([N+](=O)[O-])cc1)c1ccccc1. The quantitative estimate of drug-likeness (QED) is 0.441. The molecule has 0 unspecified atom stereocenters. The zero-order valence-electron chi connectivity index (χ0n) is 15.8. The summed E-state index contributed by atoms with van der Waals surface area (Å²) in [5, 5.41) is 13.7. The summed E-state index contributed by atoms with van der Waals surface area (Å²) in [4.78, 5) is 23.4. The molecule has 1 N–H and O–H groups in total. The van der Waals surface area contributed by atoms with Crippen LogP contribution in [0.15, 0.2) is 78.9 Å². The minimum Gasteiger partial charge on any atom is -0.492 e. The summed E-state index contributed by atoms with van der Waals surface area (Å²) in [5.41, 5.74) is 1.13. The lowest BCUT2D eigenvalue weighted by atomic mass is 10.1. The van der Waals surface area contributed by atoms with Crippen LogP contribution in [0.2, 0.25) is 0 Å². The van der Waals surface area contributed by atoms with E-state index in [1.165, 1.54) is 24.3 Å². The fraction of sp³-hybridized carbons (Fsp3) is 0.136. The Kier molecular flexibility index (Phi) is 6.42. The molecule has 29 heavy (non-hydrogen) atoms. The van der Waals surface area contributed by atoms with Gasteiger partial charge in [0, 0.05) is 17.7 Å². The van der Waals surface area contributed by atoms with E-state index in [-0.39, 0.29) is 11.6 Å². The lowest BCUT2D eigenvalue weighted by Gasteiger charge is -2.20. The summed E-state index contributed by atoms with van der Waals surface area (Å²) >= 11 is 0. The van der Waals surface area contributed by atoms with Gasteiger partial charge in [0.15, 0.2) is 0 Å². The summed E-state index contributed by atoms with van der Waals surface area (Å²) in [7, 11) is 0. The molecule has 0 heterocycles. The maximum absolute atomic E-state index is 13.0. The standard InChI is InChI=1S/C22H20N2O5/c1-2-28-20-11-7-6-10-19(20)23-22(25)21(16-8-4-3-5-9-16)29-18-14-12-17(13-15-18)24(26)27/h3-15,21H,2H2,1H3,(H,23,25)/t21-/m1/s1. The number of nitro groups is 1. The molecule has 3 aromatic carbocycles. The number of rotatable bonds is 8. The summed E-state index contributed by atoms with van der Waals surface area (Å²) in [6.07, 6.45) is -0.952. The Balaban J connectivity index is 1.86. The van der Waals surface area contributed by atoms with Crippen molar-refractivity contribution in [2.24, 2.45) is 0 Å². The van der Waals surface area contributed by atoms with Gasteiger partial charge in [-0.1, -0.05) is 42.5 Å². The van der Waals surface area contributed by atoms with Crippen molar-refractivity contribution in [3.63, 3.8) is 0 Å². The number of para-hydroxylation sites is 2. The monoisotopic (exact) mass is 392 g/mol. The van der Waals surface area contributed by atoms with Gasteiger partial charge >= 0.3 is 0 Å². The number of hydrogen-bond acceptors (Lipinski definition) is 5. The molecular weight excluding hydrogens is 372 g/mol. The van der Waals surface area contributed by atoms with Crippen LogP contribution in [-0.2, 0) is 4.79 Å². The first kappa shape index (κ1) is 19.9. The van der Waals surface area contributed by atoms with Crippen molar-refractivity contribution in [1.29, 1.82) is 0 Å². The number of non-ortho nitro benzene ring substituents is 1. The third-order valence-electron chi connectivity index (χ3n) is 4.09. The first-order valence-electron chi connectivity index (χ1n) is 9.07. The van der Waals surface area contributed by atoms with Gasteiger partial charge in [-0.25, -0.2) is 0 Å². The van der Waals surface area contributed by atoms with E-state index in [4.69, 9.17) is 9.47 Å². The molecule has 3 rings (SSSR count). The summed E-state index contributed by atoms with van der Waals surface area (Å²) < 4.78 is 11.5. The zero-order chi connectivity index (χ0) is 20.6. The Bertz CT molecular complexity index is 974. The number of carbonyl (C=O) groups is 1. The highest BCUT2D eigenvalue weighted by Crippen LogP contribution is 2.28. The van der Waals surface area contributed by atoms with Crippen molar-refractivity contribution in [1.82, 2.24) is 0 Å². The summed E-state index contributed by atoms with van der Waals surface area (Å²) in [5.74, 6) is 0.518. The Morgan fingerprint density at radius 1 is 1.00 bits per heavy atom. The van der Waals surface area contributed by atoms with Crippen molar-refractivity contribution in [3.05, 3.63) is 94.5 Å². The molecule has 1 amide bonds. The molecule has 7 heteroatoms. The average molecular weight is 392 g/mol. The number of nitrogens with one attached hydrogen (secondary N) is 1. The van der Waals surface area contributed by atoms with Crippen LogP contribution in [0.1, 0.15) is 18.6 Å². The molecule has 1 atom stereocenters. The molecule has 0 spiro atoms. The van der Waals surface area contributed by atoms with Crippen molar-refractivity contribution in [3.8, 4) is 11.5 Å². The van der Waals surface area contributed by atoms with E-state index in [1.54, 1.807) is 30.3 Å². The normalized spacial score (nSPS) is 11.3. The molecule has 0 fully saturated rings. The van der Waals surface area contributed by atoms with Gasteiger partial charge in [-0.3, -0.25) is 14.9 Å². The van der Waals surface area contributed by atoms with Crippen LogP contribution in [-0.4, -0.2) is 17.4 Å². The zero-order valence-corrected chi connectivity index (χ0v) is 15.8. The number of nitrogens with zero attached hydrogens (tertiary/aromatic N) is 1. The molecule has 0 aliphatic heterocycles. The van der Waals surface area contributed by atoms with Crippen LogP contribution >= 0.6 is 0 Å². The number of ether oxygens (including phenoxy) is 2. The molecule has 0 saturated carbocycles. The van der Waals surface area contributed by atoms with Crippen molar-refractivity contribution >= 4 is 17.3 Å². The Labute approximate surface area is 168 Å². The molecule has 0 aromatic heterocycles. The van der Waals surface area contributed by atoms with Crippen LogP contribution in [0.5, 0.6) is 11.5 Å². The van der Waals surface area contributed by atoms with Crippen LogP contribution in [0.3, 0.4) is 0 Å². The van der Waals surface area contributed by atoms with Crippen molar-refractivity contribution in [2.75, 3.05) is 11.9 Å². The molecule has 0 aliphatic rings. The van der Waals surface area contributed by atoms with E-state index in [0.717, 1.165) is 0 Å². The predicted molar refractivity (Wildman–Crippen MR) is 109 cm³/mol. The molecule has 0 aliphatic carbocycles. The third-order valence-corrected chi connectivity index (χ3v) is 4.09. The first-order chi connectivity index (χ1) is 14.1. The topological polar surface area (TPSA) is 90.7 Å². The van der Waals surface area contributed by atoms with Crippen molar-refractivity contribution < 1.29 is 19.2 Å². The van der Waals surface area contributed by atoms with E-state index >= 15 is 0 Å². The molecule has 0 radical (unpaired) electrons. The van der Waals surface area contributed by atoms with Gasteiger partial charge in [-0.15, -0.1) is 0 Å². The van der Waals surface area contributed by atoms with E-state index in [0.29, 0.717) is 29.4 Å². The maximum atomic E-state index is 13.0. The highest BCUT2D eigenvalue weighted by atomic mass is 16.6. The van der Waals surface area contributed by atoms with Gasteiger partial charge in [-0.2, -0.15) is 0 Å². The first-order valence-corrected chi connectivity index (χ1v) is 9.07.